The molecule has 2 aromatic rings. The van der Waals surface area contributed by atoms with Crippen molar-refractivity contribution in [1.29, 1.82) is 0 Å². The zero-order valence-electron chi connectivity index (χ0n) is 23.5. The van der Waals surface area contributed by atoms with Crippen molar-refractivity contribution in [3.05, 3.63) is 76.9 Å². The number of aliphatic hydroxyl groups excluding tert-OH is 2. The van der Waals surface area contributed by atoms with Crippen molar-refractivity contribution in [2.24, 2.45) is 17.8 Å². The highest BCUT2D eigenvalue weighted by atomic mass is 16.5. The summed E-state index contributed by atoms with van der Waals surface area (Å²) < 4.78 is 6.06. The van der Waals surface area contributed by atoms with Crippen molar-refractivity contribution in [2.75, 3.05) is 19.8 Å². The van der Waals surface area contributed by atoms with Gasteiger partial charge in [-0.1, -0.05) is 68.3 Å². The molecule has 4 atom stereocenters. The van der Waals surface area contributed by atoms with E-state index in [0.29, 0.717) is 43.6 Å². The molecule has 1 fully saturated rings. The largest absolute Gasteiger partial charge is 0.507 e. The van der Waals surface area contributed by atoms with E-state index in [-0.39, 0.29) is 30.8 Å². The van der Waals surface area contributed by atoms with Gasteiger partial charge in [-0.15, -0.1) is 0 Å². The molecule has 0 bridgehead atoms. The summed E-state index contributed by atoms with van der Waals surface area (Å²) in [5.74, 6) is -1.47. The summed E-state index contributed by atoms with van der Waals surface area (Å²) in [6.45, 7) is 4.20. The molecule has 0 unspecified atom stereocenters. The molecule has 0 saturated carbocycles. The van der Waals surface area contributed by atoms with Crippen LogP contribution in [0, 0.1) is 17.8 Å². The van der Waals surface area contributed by atoms with Gasteiger partial charge in [0.25, 0.3) is 0 Å². The molecule has 3 N–H and O–H groups in total. The molecule has 1 heterocycles. The predicted octanol–water partition coefficient (Wildman–Crippen LogP) is 5.12. The van der Waals surface area contributed by atoms with Gasteiger partial charge in [0.05, 0.1) is 24.5 Å². The minimum Gasteiger partial charge on any atom is -0.507 e. The number of carbonyl (C=O) groups is 2. The zero-order valence-corrected chi connectivity index (χ0v) is 23.5. The van der Waals surface area contributed by atoms with Gasteiger partial charge in [0.2, 0.25) is 11.8 Å². The normalized spacial score (nSPS) is 22.1. The van der Waals surface area contributed by atoms with Crippen LogP contribution in [-0.2, 0) is 9.59 Å². The summed E-state index contributed by atoms with van der Waals surface area (Å²) in [5, 5.41) is 32.4. The first kappa shape index (κ1) is 29.6. The highest BCUT2D eigenvalue weighted by molar-refractivity contribution is 6.05. The lowest BCUT2D eigenvalue weighted by molar-refractivity contribution is -0.140. The van der Waals surface area contributed by atoms with Crippen molar-refractivity contribution < 1.29 is 29.6 Å². The predicted molar refractivity (Wildman–Crippen MR) is 154 cm³/mol. The summed E-state index contributed by atoms with van der Waals surface area (Å²) in [6.07, 6.45) is 4.75. The fourth-order valence-electron chi connectivity index (χ4n) is 6.19. The minimum absolute atomic E-state index is 0.168. The van der Waals surface area contributed by atoms with Gasteiger partial charge in [0, 0.05) is 18.0 Å². The van der Waals surface area contributed by atoms with Gasteiger partial charge in [-0.2, -0.15) is 0 Å². The minimum atomic E-state index is -0.916. The van der Waals surface area contributed by atoms with E-state index >= 15 is 0 Å². The number of aliphatic hydroxyl groups is 2. The fraction of sp³-hybridized carbons (Fsp3) is 0.455. The maximum atomic E-state index is 13.4. The third kappa shape index (κ3) is 6.48. The molecule has 0 radical (unpaired) electrons. The molecule has 2 aromatic carbocycles. The monoisotopic (exact) mass is 547 g/mol. The number of phenolic OH excluding ortho intramolecular Hbond substituents is 1. The highest BCUT2D eigenvalue weighted by Gasteiger charge is 2.54. The lowest BCUT2D eigenvalue weighted by atomic mass is 9.68. The third-order valence-corrected chi connectivity index (χ3v) is 8.04. The van der Waals surface area contributed by atoms with Crippen LogP contribution in [0.25, 0.3) is 6.08 Å². The third-order valence-electron chi connectivity index (χ3n) is 8.04. The first-order valence-electron chi connectivity index (χ1n) is 14.4. The number of phenols is 1. The summed E-state index contributed by atoms with van der Waals surface area (Å²) in [7, 11) is 0. The van der Waals surface area contributed by atoms with Gasteiger partial charge in [0.1, 0.15) is 18.1 Å². The van der Waals surface area contributed by atoms with Crippen LogP contribution in [0.4, 0.5) is 0 Å². The van der Waals surface area contributed by atoms with Gasteiger partial charge < -0.3 is 20.1 Å². The van der Waals surface area contributed by atoms with E-state index in [4.69, 9.17) is 4.74 Å². The molecule has 7 heteroatoms. The van der Waals surface area contributed by atoms with E-state index in [2.05, 4.69) is 6.92 Å². The lowest BCUT2D eigenvalue weighted by Gasteiger charge is -2.36. The summed E-state index contributed by atoms with van der Waals surface area (Å²) in [6, 6.07) is 16.5. The number of nitrogens with zero attached hydrogens (tertiary/aromatic N) is 1. The number of likely N-dealkylation sites (tertiary alicyclic amines) is 1. The zero-order chi connectivity index (χ0) is 28.6. The van der Waals surface area contributed by atoms with Crippen LogP contribution in [0.15, 0.2) is 71.3 Å². The number of amides is 2. The number of hydrogen-bond acceptors (Lipinski definition) is 6. The summed E-state index contributed by atoms with van der Waals surface area (Å²) >= 11 is 0. The Hall–Kier alpha value is -3.42. The van der Waals surface area contributed by atoms with Crippen LogP contribution in [-0.4, -0.2) is 57.9 Å². The molecule has 40 heavy (non-hydrogen) atoms. The molecule has 0 spiro atoms. The second-order valence-corrected chi connectivity index (χ2v) is 10.8. The van der Waals surface area contributed by atoms with Crippen LogP contribution < -0.4 is 4.74 Å². The molecule has 1 aliphatic heterocycles. The molecule has 4 rings (SSSR count). The number of imide groups is 1. The topological polar surface area (TPSA) is 107 Å². The second kappa shape index (κ2) is 13.8. The molecule has 1 saturated heterocycles. The quantitative estimate of drug-likeness (QED) is 0.238. The molecule has 1 aliphatic carbocycles. The second-order valence-electron chi connectivity index (χ2n) is 10.8. The van der Waals surface area contributed by atoms with Gasteiger partial charge in [-0.3, -0.25) is 14.5 Å². The number of allylic oxidation sites excluding steroid dienone is 1. The van der Waals surface area contributed by atoms with E-state index in [1.54, 1.807) is 12.1 Å². The van der Waals surface area contributed by atoms with Gasteiger partial charge in [-0.25, -0.2) is 0 Å². The average molecular weight is 548 g/mol. The maximum Gasteiger partial charge on any atom is 0.233 e. The van der Waals surface area contributed by atoms with Crippen molar-refractivity contribution in [2.45, 2.75) is 58.5 Å². The molecular formula is C33H41NO6. The molecule has 2 aliphatic rings. The maximum absolute atomic E-state index is 13.4. The lowest BCUT2D eigenvalue weighted by Crippen LogP contribution is -2.40. The Bertz CT molecular complexity index is 1240. The number of fused-ring (bicyclic) bond motifs is 1. The number of benzene rings is 2. The van der Waals surface area contributed by atoms with E-state index in [1.165, 1.54) is 4.90 Å². The summed E-state index contributed by atoms with van der Waals surface area (Å²) in [5.41, 5.74) is 3.23. The number of ether oxygens (including phenoxy) is 1. The SMILES string of the molecule is CCC/C(=C\c1ccccc1O)CC[C@@H](O)C1=C(COc2ccccc2)C[C@H]2C(=O)N(CCC)C(=O)[C@H]2[C@H]1CO. The van der Waals surface area contributed by atoms with Crippen LogP contribution in [0.2, 0.25) is 0 Å². The van der Waals surface area contributed by atoms with Gasteiger partial charge in [0.15, 0.2) is 0 Å². The van der Waals surface area contributed by atoms with E-state index in [1.807, 2.05) is 55.5 Å². The summed E-state index contributed by atoms with van der Waals surface area (Å²) in [4.78, 5) is 28.0. The molecule has 214 valence electrons. The van der Waals surface area contributed by atoms with Gasteiger partial charge >= 0.3 is 0 Å². The smallest absolute Gasteiger partial charge is 0.233 e. The first-order valence-corrected chi connectivity index (χ1v) is 14.4. The molecular weight excluding hydrogens is 506 g/mol. The Kier molecular flexibility index (Phi) is 10.2. The Morgan fingerprint density at radius 1 is 1.02 bits per heavy atom. The van der Waals surface area contributed by atoms with Crippen molar-refractivity contribution in [3.63, 3.8) is 0 Å². The van der Waals surface area contributed by atoms with Crippen LogP contribution >= 0.6 is 0 Å². The van der Waals surface area contributed by atoms with Gasteiger partial charge in [-0.05, 0) is 61.4 Å². The molecule has 7 nitrogen and oxygen atoms in total. The van der Waals surface area contributed by atoms with E-state index < -0.39 is 23.9 Å². The fourth-order valence-corrected chi connectivity index (χ4v) is 6.19. The van der Waals surface area contributed by atoms with Crippen LogP contribution in [0.5, 0.6) is 11.5 Å². The number of rotatable bonds is 13. The van der Waals surface area contributed by atoms with Crippen molar-refractivity contribution in [1.82, 2.24) is 4.90 Å². The molecule has 2 amide bonds. The first-order chi connectivity index (χ1) is 19.4. The van der Waals surface area contributed by atoms with E-state index in [9.17, 15) is 24.9 Å². The number of hydrogen-bond donors (Lipinski definition) is 3. The Labute approximate surface area is 236 Å². The number of carbonyl (C=O) groups excluding carboxylic acids is 2. The van der Waals surface area contributed by atoms with Crippen LogP contribution in [0.3, 0.4) is 0 Å². The Morgan fingerprint density at radius 2 is 1.75 bits per heavy atom. The van der Waals surface area contributed by atoms with E-state index in [0.717, 1.165) is 29.6 Å². The van der Waals surface area contributed by atoms with Crippen LogP contribution in [0.1, 0.15) is 57.9 Å². The average Bonchev–Trinajstić information content (AvgIpc) is 3.20. The highest BCUT2D eigenvalue weighted by Crippen LogP contribution is 2.46. The Balaban J connectivity index is 1.63. The number of para-hydroxylation sites is 2. The standard InChI is InChI=1S/C33H41NO6/c1-3-10-22(18-23-11-8-9-14-28(23)36)15-16-29(37)30-24(21-40-25-12-6-5-7-13-25)19-26-31(27(30)20-35)33(39)34(17-4-2)32(26)38/h5-9,11-14,18,26-27,29,31,35-37H,3-4,10,15-17,19-21H2,1-2H3/b22-18+/t26-,27+,29-,31-/m1/s1. The van der Waals surface area contributed by atoms with Crippen molar-refractivity contribution in [3.8, 4) is 11.5 Å². The number of aromatic hydroxyl groups is 1. The Morgan fingerprint density at radius 3 is 2.42 bits per heavy atom. The van der Waals surface area contributed by atoms with Crippen molar-refractivity contribution >= 4 is 17.9 Å². The molecule has 0 aromatic heterocycles.